The number of para-hydroxylation sites is 1. The Labute approximate surface area is 181 Å². The fourth-order valence-corrected chi connectivity index (χ4v) is 4.07. The van der Waals surface area contributed by atoms with E-state index in [2.05, 4.69) is 15.4 Å². The molecular formula is C23H23N3O4S. The van der Waals surface area contributed by atoms with Gasteiger partial charge in [0.15, 0.2) is 0 Å². The molecule has 8 heteroatoms. The molecular weight excluding hydrogens is 414 g/mol. The molecule has 2 amide bonds. The summed E-state index contributed by atoms with van der Waals surface area (Å²) in [4.78, 5) is 24.0. The van der Waals surface area contributed by atoms with Gasteiger partial charge in [-0.1, -0.05) is 42.5 Å². The Balaban J connectivity index is 1.79. The van der Waals surface area contributed by atoms with Crippen molar-refractivity contribution < 1.29 is 18.0 Å². The first kappa shape index (κ1) is 22.0. The van der Waals surface area contributed by atoms with Crippen LogP contribution in [0.3, 0.4) is 0 Å². The van der Waals surface area contributed by atoms with Gasteiger partial charge in [0, 0.05) is 12.6 Å². The van der Waals surface area contributed by atoms with Crippen molar-refractivity contribution in [3.8, 4) is 0 Å². The van der Waals surface area contributed by atoms with E-state index in [1.54, 1.807) is 18.2 Å². The number of nitrogens with one attached hydrogen (secondary N) is 3. The quantitative estimate of drug-likeness (QED) is 0.521. The summed E-state index contributed by atoms with van der Waals surface area (Å²) in [7, 11) is -3.94. The summed E-state index contributed by atoms with van der Waals surface area (Å²) in [5, 5.41) is 5.47. The zero-order chi connectivity index (χ0) is 22.4. The molecule has 0 saturated carbocycles. The molecule has 0 aliphatic carbocycles. The summed E-state index contributed by atoms with van der Waals surface area (Å²) in [6.45, 7) is 3.23. The molecule has 0 aliphatic heterocycles. The van der Waals surface area contributed by atoms with Crippen LogP contribution in [-0.2, 0) is 14.8 Å². The van der Waals surface area contributed by atoms with Crippen LogP contribution in [0.25, 0.3) is 0 Å². The average molecular weight is 438 g/mol. The Hall–Kier alpha value is -3.65. The van der Waals surface area contributed by atoms with Crippen LogP contribution >= 0.6 is 0 Å². The van der Waals surface area contributed by atoms with Gasteiger partial charge in [0.1, 0.15) is 0 Å². The van der Waals surface area contributed by atoms with E-state index in [-0.39, 0.29) is 28.1 Å². The van der Waals surface area contributed by atoms with Crippen molar-refractivity contribution in [3.63, 3.8) is 0 Å². The van der Waals surface area contributed by atoms with Crippen LogP contribution < -0.4 is 15.4 Å². The Bertz CT molecular complexity index is 1180. The van der Waals surface area contributed by atoms with E-state index in [1.807, 2.05) is 37.3 Å². The smallest absolute Gasteiger partial charge is 0.261 e. The number of hydrogen-bond acceptors (Lipinski definition) is 4. The highest BCUT2D eigenvalue weighted by atomic mass is 32.2. The predicted octanol–water partition coefficient (Wildman–Crippen LogP) is 3.94. The molecule has 0 bridgehead atoms. The number of carbonyl (C=O) groups excluding carboxylic acids is 2. The third-order valence-electron chi connectivity index (χ3n) is 4.55. The van der Waals surface area contributed by atoms with E-state index in [1.165, 1.54) is 37.3 Å². The Morgan fingerprint density at radius 2 is 1.45 bits per heavy atom. The Morgan fingerprint density at radius 3 is 2.10 bits per heavy atom. The highest BCUT2D eigenvalue weighted by Crippen LogP contribution is 2.22. The molecule has 3 N–H and O–H groups in total. The van der Waals surface area contributed by atoms with Crippen molar-refractivity contribution in [1.82, 2.24) is 5.32 Å². The van der Waals surface area contributed by atoms with Crippen LogP contribution in [0.4, 0.5) is 11.4 Å². The first-order chi connectivity index (χ1) is 14.8. The largest absolute Gasteiger partial charge is 0.345 e. The molecule has 3 aromatic carbocycles. The van der Waals surface area contributed by atoms with Gasteiger partial charge >= 0.3 is 0 Å². The lowest BCUT2D eigenvalue weighted by atomic mass is 10.1. The molecule has 7 nitrogen and oxygen atoms in total. The van der Waals surface area contributed by atoms with E-state index >= 15 is 0 Å². The SMILES string of the molecule is CC(=O)Nc1ccc(S(=O)(=O)Nc2ccccc2C(=O)N[C@H](C)c2ccccc2)cc1. The minimum atomic E-state index is -3.94. The number of rotatable bonds is 7. The maximum absolute atomic E-state index is 12.8. The summed E-state index contributed by atoms with van der Waals surface area (Å²) in [6.07, 6.45) is 0. The number of hydrogen-bond donors (Lipinski definition) is 3. The molecule has 0 fully saturated rings. The van der Waals surface area contributed by atoms with Gasteiger partial charge < -0.3 is 10.6 Å². The average Bonchev–Trinajstić information content (AvgIpc) is 2.74. The van der Waals surface area contributed by atoms with Gasteiger partial charge in [0.05, 0.1) is 22.2 Å². The number of benzene rings is 3. The second kappa shape index (κ2) is 9.44. The third kappa shape index (κ3) is 5.70. The lowest BCUT2D eigenvalue weighted by Gasteiger charge is -2.17. The maximum atomic E-state index is 12.8. The van der Waals surface area contributed by atoms with E-state index in [0.29, 0.717) is 5.69 Å². The molecule has 0 saturated heterocycles. The molecule has 0 unspecified atom stereocenters. The Morgan fingerprint density at radius 1 is 0.839 bits per heavy atom. The number of anilines is 2. The van der Waals surface area contributed by atoms with Crippen LogP contribution in [-0.4, -0.2) is 20.2 Å². The molecule has 3 aromatic rings. The van der Waals surface area contributed by atoms with Gasteiger partial charge in [0.2, 0.25) is 5.91 Å². The van der Waals surface area contributed by atoms with Crippen LogP contribution in [0.15, 0.2) is 83.8 Å². The molecule has 0 aliphatic rings. The molecule has 0 spiro atoms. The molecule has 31 heavy (non-hydrogen) atoms. The van der Waals surface area contributed by atoms with Crippen molar-refractivity contribution in [2.45, 2.75) is 24.8 Å². The van der Waals surface area contributed by atoms with Gasteiger partial charge in [0.25, 0.3) is 15.9 Å². The van der Waals surface area contributed by atoms with E-state index in [9.17, 15) is 18.0 Å². The van der Waals surface area contributed by atoms with Gasteiger partial charge in [-0.2, -0.15) is 0 Å². The van der Waals surface area contributed by atoms with Gasteiger partial charge in [-0.3, -0.25) is 14.3 Å². The molecule has 0 aromatic heterocycles. The summed E-state index contributed by atoms with van der Waals surface area (Å²) in [6, 6.07) is 21.4. The number of amides is 2. The van der Waals surface area contributed by atoms with Crippen LogP contribution in [0, 0.1) is 0 Å². The maximum Gasteiger partial charge on any atom is 0.261 e. The van der Waals surface area contributed by atoms with Crippen LogP contribution in [0.5, 0.6) is 0 Å². The van der Waals surface area contributed by atoms with Gasteiger partial charge in [-0.05, 0) is 48.9 Å². The van der Waals surface area contributed by atoms with Crippen molar-refractivity contribution in [1.29, 1.82) is 0 Å². The first-order valence-electron chi connectivity index (χ1n) is 9.61. The number of carbonyl (C=O) groups is 2. The minimum Gasteiger partial charge on any atom is -0.345 e. The summed E-state index contributed by atoms with van der Waals surface area (Å²) >= 11 is 0. The molecule has 160 valence electrons. The summed E-state index contributed by atoms with van der Waals surface area (Å²) in [5.74, 6) is -0.644. The lowest BCUT2D eigenvalue weighted by Crippen LogP contribution is -2.28. The van der Waals surface area contributed by atoms with Gasteiger partial charge in [-0.15, -0.1) is 0 Å². The molecule has 0 radical (unpaired) electrons. The fourth-order valence-electron chi connectivity index (χ4n) is 2.99. The first-order valence-corrected chi connectivity index (χ1v) is 11.1. The molecule has 1 atom stereocenters. The zero-order valence-electron chi connectivity index (χ0n) is 17.1. The van der Waals surface area contributed by atoms with Crippen molar-refractivity contribution in [2.75, 3.05) is 10.0 Å². The number of sulfonamides is 1. The monoisotopic (exact) mass is 437 g/mol. The highest BCUT2D eigenvalue weighted by Gasteiger charge is 2.20. The van der Waals surface area contributed by atoms with E-state index in [4.69, 9.17) is 0 Å². The lowest BCUT2D eigenvalue weighted by molar-refractivity contribution is -0.114. The van der Waals surface area contributed by atoms with Gasteiger partial charge in [-0.25, -0.2) is 8.42 Å². The van der Waals surface area contributed by atoms with Crippen molar-refractivity contribution in [3.05, 3.63) is 90.0 Å². The second-order valence-corrected chi connectivity index (χ2v) is 8.64. The zero-order valence-corrected chi connectivity index (χ0v) is 17.9. The third-order valence-corrected chi connectivity index (χ3v) is 5.93. The van der Waals surface area contributed by atoms with Crippen molar-refractivity contribution >= 4 is 33.2 Å². The standard InChI is InChI=1S/C23H23N3O4S/c1-16(18-8-4-3-5-9-18)24-23(28)21-10-6-7-11-22(21)26-31(29,30)20-14-12-19(13-15-20)25-17(2)27/h3-16,26H,1-2H3,(H,24,28)(H,25,27)/t16-/m1/s1. The second-order valence-electron chi connectivity index (χ2n) is 6.96. The fraction of sp³-hybridized carbons (Fsp3) is 0.130. The Kier molecular flexibility index (Phi) is 6.71. The predicted molar refractivity (Wildman–Crippen MR) is 120 cm³/mol. The normalized spacial score (nSPS) is 11.9. The summed E-state index contributed by atoms with van der Waals surface area (Å²) in [5.41, 5.74) is 1.81. The summed E-state index contributed by atoms with van der Waals surface area (Å²) < 4.78 is 28.1. The minimum absolute atomic E-state index is 0.00877. The van der Waals surface area contributed by atoms with Crippen molar-refractivity contribution in [2.24, 2.45) is 0 Å². The van der Waals surface area contributed by atoms with Crippen LogP contribution in [0.1, 0.15) is 35.8 Å². The van der Waals surface area contributed by atoms with E-state index < -0.39 is 15.9 Å². The van der Waals surface area contributed by atoms with E-state index in [0.717, 1.165) is 5.56 Å². The molecule has 3 rings (SSSR count). The highest BCUT2D eigenvalue weighted by molar-refractivity contribution is 7.92. The molecule has 0 heterocycles. The van der Waals surface area contributed by atoms with Crippen LogP contribution in [0.2, 0.25) is 0 Å². The topological polar surface area (TPSA) is 104 Å².